The summed E-state index contributed by atoms with van der Waals surface area (Å²) in [5.41, 5.74) is -0.344. The Hall–Kier alpha value is -3.70. The summed E-state index contributed by atoms with van der Waals surface area (Å²) in [4.78, 5) is 37.4. The standard InChI is InChI=1S/C20H27N7O5/c1-20(2,3)32-19(28)26-10-6-7-13(12-26)23-16-15(27(29)30)11-22-18(25-16)24-14-8-5-9-21-17(14)31-4/h5,8-9,11,13H,6-7,10,12H2,1-4H3,(H2,22,23,24,25)/t13-/m0/s1. The van der Waals surface area contributed by atoms with E-state index >= 15 is 0 Å². The molecule has 0 bridgehead atoms. The molecule has 1 atom stereocenters. The van der Waals surface area contributed by atoms with Crippen molar-refractivity contribution >= 4 is 29.2 Å². The summed E-state index contributed by atoms with van der Waals surface area (Å²) >= 11 is 0. The fourth-order valence-corrected chi connectivity index (χ4v) is 3.23. The SMILES string of the molecule is COc1ncccc1Nc1ncc([N+](=O)[O-])c(N[C@H]2CCCN(C(=O)OC(C)(C)C)C2)n1. The second-order valence-electron chi connectivity index (χ2n) is 8.28. The molecule has 32 heavy (non-hydrogen) atoms. The Bertz CT molecular complexity index is 979. The lowest BCUT2D eigenvalue weighted by molar-refractivity contribution is -0.384. The number of nitrogens with zero attached hydrogens (tertiary/aromatic N) is 5. The molecule has 2 aromatic heterocycles. The van der Waals surface area contributed by atoms with Crippen LogP contribution in [0.15, 0.2) is 24.5 Å². The van der Waals surface area contributed by atoms with Gasteiger partial charge >= 0.3 is 11.8 Å². The molecule has 12 nitrogen and oxygen atoms in total. The molecule has 1 saturated heterocycles. The monoisotopic (exact) mass is 445 g/mol. The first kappa shape index (κ1) is 23.0. The summed E-state index contributed by atoms with van der Waals surface area (Å²) in [6, 6.07) is 3.21. The predicted molar refractivity (Wildman–Crippen MR) is 117 cm³/mol. The van der Waals surface area contributed by atoms with Crippen molar-refractivity contribution in [3.8, 4) is 5.88 Å². The highest BCUT2D eigenvalue weighted by Gasteiger charge is 2.29. The number of aromatic nitrogens is 3. The van der Waals surface area contributed by atoms with Crippen molar-refractivity contribution in [2.75, 3.05) is 30.8 Å². The van der Waals surface area contributed by atoms with Crippen LogP contribution >= 0.6 is 0 Å². The number of rotatable bonds is 6. The Balaban J connectivity index is 1.78. The molecular formula is C20H27N7O5. The average Bonchev–Trinajstić information content (AvgIpc) is 2.73. The molecular weight excluding hydrogens is 418 g/mol. The molecule has 0 saturated carbocycles. The van der Waals surface area contributed by atoms with Crippen molar-refractivity contribution in [3.63, 3.8) is 0 Å². The fourth-order valence-electron chi connectivity index (χ4n) is 3.23. The second-order valence-corrected chi connectivity index (χ2v) is 8.28. The van der Waals surface area contributed by atoms with Gasteiger partial charge in [-0.2, -0.15) is 4.98 Å². The van der Waals surface area contributed by atoms with Gasteiger partial charge in [-0.05, 0) is 45.7 Å². The zero-order valence-corrected chi connectivity index (χ0v) is 18.5. The van der Waals surface area contributed by atoms with Gasteiger partial charge in [0.05, 0.1) is 12.0 Å². The maximum atomic E-state index is 12.4. The van der Waals surface area contributed by atoms with Crippen molar-refractivity contribution in [2.45, 2.75) is 45.3 Å². The van der Waals surface area contributed by atoms with Gasteiger partial charge in [-0.15, -0.1) is 0 Å². The Morgan fingerprint density at radius 2 is 2.12 bits per heavy atom. The fraction of sp³-hybridized carbons (Fsp3) is 0.500. The molecule has 0 unspecified atom stereocenters. The summed E-state index contributed by atoms with van der Waals surface area (Å²) < 4.78 is 10.6. The zero-order chi connectivity index (χ0) is 23.3. The number of piperidine rings is 1. The van der Waals surface area contributed by atoms with Crippen LogP contribution in [0, 0.1) is 10.1 Å². The van der Waals surface area contributed by atoms with Crippen LogP contribution in [0.2, 0.25) is 0 Å². The highest BCUT2D eigenvalue weighted by atomic mass is 16.6. The van der Waals surface area contributed by atoms with Crippen LogP contribution < -0.4 is 15.4 Å². The van der Waals surface area contributed by atoms with Gasteiger partial charge in [0.25, 0.3) is 0 Å². The molecule has 0 aliphatic carbocycles. The normalized spacial score (nSPS) is 16.2. The molecule has 1 aliphatic rings. The van der Waals surface area contributed by atoms with Gasteiger partial charge < -0.3 is 25.0 Å². The lowest BCUT2D eigenvalue weighted by Crippen LogP contribution is -2.47. The number of hydrogen-bond acceptors (Lipinski definition) is 10. The smallest absolute Gasteiger partial charge is 0.410 e. The maximum absolute atomic E-state index is 12.4. The summed E-state index contributed by atoms with van der Waals surface area (Å²) in [6.45, 7) is 6.32. The zero-order valence-electron chi connectivity index (χ0n) is 18.5. The van der Waals surface area contributed by atoms with Crippen molar-refractivity contribution in [3.05, 3.63) is 34.6 Å². The highest BCUT2D eigenvalue weighted by molar-refractivity contribution is 5.68. The number of hydrogen-bond donors (Lipinski definition) is 2. The van der Waals surface area contributed by atoms with E-state index in [1.807, 2.05) is 0 Å². The minimum atomic E-state index is -0.600. The van der Waals surface area contributed by atoms with Crippen LogP contribution in [0.5, 0.6) is 5.88 Å². The van der Waals surface area contributed by atoms with Crippen LogP contribution in [0.1, 0.15) is 33.6 Å². The van der Waals surface area contributed by atoms with Crippen LogP contribution in [-0.4, -0.2) is 62.7 Å². The molecule has 3 heterocycles. The quantitative estimate of drug-likeness (QED) is 0.501. The topological polar surface area (TPSA) is 145 Å². The Labute approximate surface area is 185 Å². The van der Waals surface area contributed by atoms with Crippen molar-refractivity contribution in [1.29, 1.82) is 0 Å². The summed E-state index contributed by atoms with van der Waals surface area (Å²) in [6.07, 6.45) is 3.75. The first-order chi connectivity index (χ1) is 15.2. The minimum absolute atomic E-state index is 0.0615. The molecule has 0 aromatic carbocycles. The number of ether oxygens (including phenoxy) is 2. The van der Waals surface area contributed by atoms with Crippen LogP contribution in [0.3, 0.4) is 0 Å². The molecule has 12 heteroatoms. The molecule has 2 N–H and O–H groups in total. The number of methoxy groups -OCH3 is 1. The third-order valence-electron chi connectivity index (χ3n) is 4.59. The van der Waals surface area contributed by atoms with E-state index in [1.54, 1.807) is 44.0 Å². The summed E-state index contributed by atoms with van der Waals surface area (Å²) in [7, 11) is 1.48. The number of pyridine rings is 1. The number of nitro groups is 1. The van der Waals surface area contributed by atoms with E-state index in [0.717, 1.165) is 19.0 Å². The van der Waals surface area contributed by atoms with Crippen LogP contribution in [0.25, 0.3) is 0 Å². The second kappa shape index (κ2) is 9.62. The number of amides is 1. The van der Waals surface area contributed by atoms with Crippen LogP contribution in [-0.2, 0) is 4.74 Å². The van der Waals surface area contributed by atoms with Crippen molar-refractivity contribution in [1.82, 2.24) is 19.9 Å². The van der Waals surface area contributed by atoms with Crippen LogP contribution in [0.4, 0.5) is 27.9 Å². The van der Waals surface area contributed by atoms with Crippen molar-refractivity contribution in [2.24, 2.45) is 0 Å². The number of nitrogens with one attached hydrogen (secondary N) is 2. The average molecular weight is 445 g/mol. The molecule has 1 amide bonds. The Morgan fingerprint density at radius 1 is 1.34 bits per heavy atom. The first-order valence-electron chi connectivity index (χ1n) is 10.2. The molecule has 1 fully saturated rings. The number of carbonyl (C=O) groups is 1. The molecule has 172 valence electrons. The molecule has 0 spiro atoms. The van der Waals surface area contributed by atoms with Gasteiger partial charge in [0.15, 0.2) is 0 Å². The third-order valence-corrected chi connectivity index (χ3v) is 4.59. The van der Waals surface area contributed by atoms with Gasteiger partial charge in [0.2, 0.25) is 17.6 Å². The maximum Gasteiger partial charge on any atom is 0.410 e. The third kappa shape index (κ3) is 5.93. The number of carbonyl (C=O) groups excluding carboxylic acids is 1. The first-order valence-corrected chi connectivity index (χ1v) is 10.2. The van der Waals surface area contributed by atoms with E-state index in [1.165, 1.54) is 7.11 Å². The van der Waals surface area contributed by atoms with Gasteiger partial charge in [-0.1, -0.05) is 0 Å². The lowest BCUT2D eigenvalue weighted by atomic mass is 10.1. The predicted octanol–water partition coefficient (Wildman–Crippen LogP) is 3.34. The molecule has 2 aromatic rings. The van der Waals surface area contributed by atoms with E-state index in [4.69, 9.17) is 9.47 Å². The van der Waals surface area contributed by atoms with Gasteiger partial charge in [-0.25, -0.2) is 14.8 Å². The Kier molecular flexibility index (Phi) is 6.91. The largest absolute Gasteiger partial charge is 0.480 e. The van der Waals surface area contributed by atoms with E-state index in [-0.39, 0.29) is 23.5 Å². The Morgan fingerprint density at radius 3 is 2.81 bits per heavy atom. The number of anilines is 3. The van der Waals surface area contributed by atoms with Gasteiger partial charge in [-0.3, -0.25) is 10.1 Å². The summed E-state index contributed by atoms with van der Waals surface area (Å²) in [5, 5.41) is 17.6. The van der Waals surface area contributed by atoms with E-state index in [0.29, 0.717) is 24.7 Å². The molecule has 1 aliphatic heterocycles. The number of likely N-dealkylation sites (tertiary alicyclic amines) is 1. The van der Waals surface area contributed by atoms with Gasteiger partial charge in [0, 0.05) is 25.3 Å². The summed E-state index contributed by atoms with van der Waals surface area (Å²) in [5.74, 6) is 0.542. The van der Waals surface area contributed by atoms with Gasteiger partial charge in [0.1, 0.15) is 17.5 Å². The van der Waals surface area contributed by atoms with E-state index < -0.39 is 16.6 Å². The highest BCUT2D eigenvalue weighted by Crippen LogP contribution is 2.28. The van der Waals surface area contributed by atoms with E-state index in [2.05, 4.69) is 25.6 Å². The minimum Gasteiger partial charge on any atom is -0.480 e. The molecule has 0 radical (unpaired) electrons. The lowest BCUT2D eigenvalue weighted by Gasteiger charge is -2.34. The molecule has 3 rings (SSSR count). The van der Waals surface area contributed by atoms with Crippen molar-refractivity contribution < 1.29 is 19.2 Å². The van der Waals surface area contributed by atoms with E-state index in [9.17, 15) is 14.9 Å².